The highest BCUT2D eigenvalue weighted by molar-refractivity contribution is 5.32. The lowest BCUT2D eigenvalue weighted by molar-refractivity contribution is 0.153. The van der Waals surface area contributed by atoms with Gasteiger partial charge in [-0.2, -0.15) is 4.39 Å². The molecule has 1 aromatic rings. The zero-order valence-corrected chi connectivity index (χ0v) is 16.7. The summed E-state index contributed by atoms with van der Waals surface area (Å²) in [5.74, 6) is 7.46. The molecule has 0 amide bonds. The highest BCUT2D eigenvalue weighted by Crippen LogP contribution is 2.42. The summed E-state index contributed by atoms with van der Waals surface area (Å²) in [5, 5.41) is 0. The molecule has 3 rings (SSSR count). The van der Waals surface area contributed by atoms with Crippen molar-refractivity contribution in [1.29, 1.82) is 0 Å². The van der Waals surface area contributed by atoms with Gasteiger partial charge < -0.3 is 0 Å². The lowest BCUT2D eigenvalue weighted by Crippen LogP contribution is -2.25. The number of pyridine rings is 1. The molecule has 1 nitrogen and oxygen atoms in total. The lowest BCUT2D eigenvalue weighted by atomic mass is 9.69. The van der Waals surface area contributed by atoms with Gasteiger partial charge >= 0.3 is 0 Å². The first-order valence-corrected chi connectivity index (χ1v) is 11.0. The van der Waals surface area contributed by atoms with E-state index in [0.717, 1.165) is 36.7 Å². The molecule has 148 valence electrons. The number of hydrogen-bond acceptors (Lipinski definition) is 1. The Labute approximate surface area is 163 Å². The van der Waals surface area contributed by atoms with E-state index in [1.807, 2.05) is 0 Å². The highest BCUT2D eigenvalue weighted by atomic mass is 19.2. The van der Waals surface area contributed by atoms with Crippen LogP contribution in [-0.2, 0) is 0 Å². The van der Waals surface area contributed by atoms with Crippen molar-refractivity contribution >= 4 is 0 Å². The van der Waals surface area contributed by atoms with Crippen molar-refractivity contribution < 1.29 is 8.78 Å². The quantitative estimate of drug-likeness (QED) is 0.311. The van der Waals surface area contributed by atoms with E-state index in [1.165, 1.54) is 70.4 Å². The van der Waals surface area contributed by atoms with Gasteiger partial charge in [-0.15, -0.1) is 0 Å². The van der Waals surface area contributed by atoms with Crippen molar-refractivity contribution in [2.24, 2.45) is 23.7 Å². The summed E-state index contributed by atoms with van der Waals surface area (Å²) in [6.45, 7) is 2.28. The second kappa shape index (κ2) is 10.2. The van der Waals surface area contributed by atoms with Crippen LogP contribution in [0.15, 0.2) is 12.3 Å². The van der Waals surface area contributed by atoms with Crippen LogP contribution in [0.2, 0.25) is 0 Å². The Morgan fingerprint density at radius 2 is 1.63 bits per heavy atom. The molecule has 0 N–H and O–H groups in total. The van der Waals surface area contributed by atoms with Crippen molar-refractivity contribution in [2.75, 3.05) is 0 Å². The Kier molecular flexibility index (Phi) is 7.68. The molecule has 2 fully saturated rings. The molecule has 0 bridgehead atoms. The van der Waals surface area contributed by atoms with Crippen LogP contribution in [0, 0.1) is 47.3 Å². The third kappa shape index (κ3) is 6.03. The third-order valence-electron chi connectivity index (χ3n) is 6.76. The SMILES string of the molecule is CCCCC[C@H]1CC[C@H]([C@H]2CC[C@H](C#Cc3cnc(F)c(F)c3)CC2)CC1. The van der Waals surface area contributed by atoms with E-state index < -0.39 is 11.8 Å². The minimum absolute atomic E-state index is 0.389. The number of unbranched alkanes of at least 4 members (excludes halogenated alkanes) is 2. The minimum atomic E-state index is -1.05. The Balaban J connectivity index is 1.41. The fraction of sp³-hybridized carbons (Fsp3) is 0.708. The molecule has 1 aromatic heterocycles. The van der Waals surface area contributed by atoms with Gasteiger partial charge in [-0.05, 0) is 62.3 Å². The van der Waals surface area contributed by atoms with Crippen molar-refractivity contribution in [2.45, 2.75) is 84.0 Å². The van der Waals surface area contributed by atoms with E-state index in [-0.39, 0.29) is 0 Å². The van der Waals surface area contributed by atoms with Crippen LogP contribution in [-0.4, -0.2) is 4.98 Å². The zero-order valence-electron chi connectivity index (χ0n) is 16.7. The van der Waals surface area contributed by atoms with E-state index in [4.69, 9.17) is 0 Å². The summed E-state index contributed by atoms with van der Waals surface area (Å²) in [6.07, 6.45) is 17.5. The van der Waals surface area contributed by atoms with Gasteiger partial charge in [0, 0.05) is 17.7 Å². The van der Waals surface area contributed by atoms with Crippen molar-refractivity contribution in [3.05, 3.63) is 29.6 Å². The van der Waals surface area contributed by atoms with Gasteiger partial charge in [0.1, 0.15) is 0 Å². The molecule has 0 saturated heterocycles. The molecule has 3 heteroatoms. The van der Waals surface area contributed by atoms with Crippen LogP contribution in [0.4, 0.5) is 8.78 Å². The molecule has 27 heavy (non-hydrogen) atoms. The smallest absolute Gasteiger partial charge is 0.224 e. The zero-order chi connectivity index (χ0) is 19.1. The van der Waals surface area contributed by atoms with E-state index in [0.29, 0.717) is 11.5 Å². The molecule has 2 aliphatic rings. The molecule has 0 radical (unpaired) electrons. The number of nitrogens with zero attached hydrogens (tertiary/aromatic N) is 1. The van der Waals surface area contributed by atoms with Crippen molar-refractivity contribution in [3.8, 4) is 11.8 Å². The molecular formula is C24H33F2N. The van der Waals surface area contributed by atoms with Gasteiger partial charge in [-0.3, -0.25) is 0 Å². The molecule has 0 aromatic carbocycles. The van der Waals surface area contributed by atoms with Crippen molar-refractivity contribution in [1.82, 2.24) is 4.98 Å². The minimum Gasteiger partial charge on any atom is -0.224 e. The summed E-state index contributed by atoms with van der Waals surface area (Å²) < 4.78 is 26.1. The summed E-state index contributed by atoms with van der Waals surface area (Å²) in [6, 6.07) is 1.14. The fourth-order valence-corrected chi connectivity index (χ4v) is 5.04. The molecule has 0 atom stereocenters. The maximum Gasteiger partial charge on any atom is 0.248 e. The van der Waals surface area contributed by atoms with Gasteiger partial charge in [0.15, 0.2) is 5.82 Å². The molecule has 2 saturated carbocycles. The van der Waals surface area contributed by atoms with Crippen molar-refractivity contribution in [3.63, 3.8) is 0 Å². The third-order valence-corrected chi connectivity index (χ3v) is 6.76. The summed E-state index contributed by atoms with van der Waals surface area (Å²) in [5.41, 5.74) is 0.470. The van der Waals surface area contributed by atoms with Crippen LogP contribution >= 0.6 is 0 Å². The van der Waals surface area contributed by atoms with Gasteiger partial charge in [-0.1, -0.05) is 57.3 Å². The highest BCUT2D eigenvalue weighted by Gasteiger charge is 2.30. The topological polar surface area (TPSA) is 12.9 Å². The first-order chi connectivity index (χ1) is 13.2. The van der Waals surface area contributed by atoms with Crippen LogP contribution < -0.4 is 0 Å². The Morgan fingerprint density at radius 3 is 2.26 bits per heavy atom. The molecule has 1 heterocycles. The van der Waals surface area contributed by atoms with E-state index in [9.17, 15) is 8.78 Å². The standard InChI is InChI=1S/C24H33F2N/c1-2-3-4-5-18-8-12-21(13-9-18)22-14-10-19(11-15-22)6-7-20-16-23(25)24(26)27-17-20/h16-19,21-22H,2-5,8-15H2,1H3/t18-,19-,21-,22-. The van der Waals surface area contributed by atoms with Gasteiger partial charge in [0.05, 0.1) is 0 Å². The van der Waals surface area contributed by atoms with Crippen LogP contribution in [0.5, 0.6) is 0 Å². The van der Waals surface area contributed by atoms with Crippen LogP contribution in [0.3, 0.4) is 0 Å². The normalized spacial score (nSPS) is 28.4. The second-order valence-corrected chi connectivity index (χ2v) is 8.65. The average Bonchev–Trinajstić information content (AvgIpc) is 2.70. The Morgan fingerprint density at radius 1 is 0.963 bits per heavy atom. The molecule has 0 spiro atoms. The summed E-state index contributed by atoms with van der Waals surface area (Å²) >= 11 is 0. The predicted molar refractivity (Wildman–Crippen MR) is 106 cm³/mol. The van der Waals surface area contributed by atoms with Gasteiger partial charge in [0.25, 0.3) is 0 Å². The number of rotatable bonds is 5. The number of aromatic nitrogens is 1. The van der Waals surface area contributed by atoms with Crippen LogP contribution in [0.25, 0.3) is 0 Å². The largest absolute Gasteiger partial charge is 0.248 e. The summed E-state index contributed by atoms with van der Waals surface area (Å²) in [7, 11) is 0. The molecule has 0 unspecified atom stereocenters. The maximum atomic E-state index is 13.2. The monoisotopic (exact) mass is 373 g/mol. The van der Waals surface area contributed by atoms with E-state index in [1.54, 1.807) is 0 Å². The number of hydrogen-bond donors (Lipinski definition) is 0. The predicted octanol–water partition coefficient (Wildman–Crippen LogP) is 6.90. The summed E-state index contributed by atoms with van der Waals surface area (Å²) in [4.78, 5) is 3.40. The maximum absolute atomic E-state index is 13.2. The molecular weight excluding hydrogens is 340 g/mol. The second-order valence-electron chi connectivity index (χ2n) is 8.65. The number of halogens is 2. The van der Waals surface area contributed by atoms with E-state index in [2.05, 4.69) is 23.7 Å². The first-order valence-electron chi connectivity index (χ1n) is 11.0. The van der Waals surface area contributed by atoms with Gasteiger partial charge in [-0.25, -0.2) is 9.37 Å². The first kappa shape index (κ1) is 20.3. The van der Waals surface area contributed by atoms with Gasteiger partial charge in [0.2, 0.25) is 5.95 Å². The Bertz CT molecular complexity index is 644. The molecule has 0 aliphatic heterocycles. The fourth-order valence-electron chi connectivity index (χ4n) is 5.04. The Hall–Kier alpha value is -1.43. The van der Waals surface area contributed by atoms with E-state index >= 15 is 0 Å². The lowest BCUT2D eigenvalue weighted by Gasteiger charge is -2.37. The average molecular weight is 374 g/mol. The van der Waals surface area contributed by atoms with Crippen LogP contribution in [0.1, 0.15) is 89.5 Å². The molecule has 2 aliphatic carbocycles.